The van der Waals surface area contributed by atoms with Gasteiger partial charge in [-0.2, -0.15) is 13.5 Å². The van der Waals surface area contributed by atoms with E-state index in [1.807, 2.05) is 59.0 Å². The number of carboxylic acids is 2. The molecule has 6 aromatic rings. The second-order valence-electron chi connectivity index (χ2n) is 34.2. The first-order chi connectivity index (χ1) is 57.3. The van der Waals surface area contributed by atoms with Crippen LogP contribution in [0.4, 0.5) is 15.7 Å². The van der Waals surface area contributed by atoms with Crippen LogP contribution in [0, 0.1) is 35.0 Å². The number of aryl methyl sites for hydroxylation is 1. The molecule has 3 aromatic heterocycles. The summed E-state index contributed by atoms with van der Waals surface area (Å²) in [5.41, 5.74) is 4.71. The van der Waals surface area contributed by atoms with Gasteiger partial charge in [0.15, 0.2) is 22.7 Å². The van der Waals surface area contributed by atoms with E-state index in [1.165, 1.54) is 23.2 Å². The number of benzene rings is 3. The number of carbonyl (C=O) groups is 10. The fourth-order valence-corrected chi connectivity index (χ4v) is 20.4. The van der Waals surface area contributed by atoms with Crippen molar-refractivity contribution in [2.75, 3.05) is 81.7 Å². The predicted molar refractivity (Wildman–Crippen MR) is 438 cm³/mol. The molecule has 3 aliphatic heterocycles. The Bertz CT molecular complexity index is 5000. The highest BCUT2D eigenvalue weighted by atomic mass is 32.2. The minimum absolute atomic E-state index is 0.00110. The van der Waals surface area contributed by atoms with Crippen molar-refractivity contribution in [2.45, 2.75) is 193 Å². The molecule has 652 valence electrons. The minimum atomic E-state index is -4.36. The number of ketones is 2. The lowest BCUT2D eigenvalue weighted by Crippen LogP contribution is -2.64. The molecule has 4 bridgehead atoms. The lowest BCUT2D eigenvalue weighted by molar-refractivity contribution is -0.248. The van der Waals surface area contributed by atoms with E-state index in [0.717, 1.165) is 76.2 Å². The highest BCUT2D eigenvalue weighted by Crippen LogP contribution is 2.72. The van der Waals surface area contributed by atoms with Gasteiger partial charge >= 0.3 is 18.0 Å². The zero-order valence-corrected chi connectivity index (χ0v) is 70.1. The number of para-hydroxylation sites is 1. The van der Waals surface area contributed by atoms with Gasteiger partial charge in [-0.1, -0.05) is 81.5 Å². The molecule has 5 fully saturated rings. The smallest absolute Gasteiger partial charge is 0.410 e. The van der Waals surface area contributed by atoms with Crippen LogP contribution < -0.4 is 15.5 Å². The Morgan fingerprint density at radius 1 is 0.802 bits per heavy atom. The van der Waals surface area contributed by atoms with Crippen molar-refractivity contribution < 1.29 is 116 Å². The topological polar surface area (TPSA) is 484 Å². The number of hydrogen-bond donors (Lipinski definition) is 10. The summed E-state index contributed by atoms with van der Waals surface area (Å²) in [5, 5.41) is 84.7. The molecule has 10 atom stereocenters. The van der Waals surface area contributed by atoms with Crippen LogP contribution in [0.25, 0.3) is 21.3 Å². The maximum atomic E-state index is 14.6. The fourth-order valence-electron chi connectivity index (χ4n) is 19.2. The average Bonchev–Trinajstić information content (AvgIpc) is 0.931. The van der Waals surface area contributed by atoms with E-state index in [2.05, 4.69) is 29.5 Å². The number of nitrogens with zero attached hydrogens (tertiary/aromatic N) is 8. The Morgan fingerprint density at radius 2 is 1.53 bits per heavy atom. The maximum Gasteiger partial charge on any atom is 0.410 e. The van der Waals surface area contributed by atoms with Gasteiger partial charge in [0.1, 0.15) is 43.1 Å². The standard InChI is InChI=1S/C85H106N10O24S2/c1-49(2)60(36-56(97)23-26-91(28-30-116-32-33-121(113,114)115)70(102)39-94-68(100)20-21-69(94)101)77(107)87-50(3)64(99)35-52-14-15-55(54(34-52)16-18-65-72(103)73(104)74(105)75(119-65)79(110)111)41-117-81(112)92(27-24-57(98)40-96)29-31-118-85-45-82(5)42-83(6,46-85)44-84(43-82,47-85)48-95-51(4)61(37-86-95)58-17-19-67(89-71(58)78(108)109)93-25-22-53-10-9-11-59(62(53)38-93)76(106)90-80-88-63-12-7-8-13-66(63)120-80/h7-15,17,19-21,34,37,49-50,57,60,65,72-75,96,98,103-105H,16,18,22-33,35-36,38-48H2,1-6H3,(H,87,107)(H,108,109)(H,110,111)(H,88,90,106)(H,113,114,115)/t50-,57?,60-,65-,72-,73+,74-,75-,82?,83?,84?,85?/m0/s1. The van der Waals surface area contributed by atoms with Gasteiger partial charge in [-0.25, -0.2) is 24.4 Å². The van der Waals surface area contributed by atoms with Crippen molar-refractivity contribution in [1.82, 2.24) is 39.8 Å². The summed E-state index contributed by atoms with van der Waals surface area (Å²) in [7, 11) is -4.36. The Morgan fingerprint density at radius 3 is 2.22 bits per heavy atom. The summed E-state index contributed by atoms with van der Waals surface area (Å²) in [6.07, 6.45) is -2.85. The maximum absolute atomic E-state index is 14.6. The largest absolute Gasteiger partial charge is 0.479 e. The van der Waals surface area contributed by atoms with Crippen molar-refractivity contribution in [3.63, 3.8) is 0 Å². The summed E-state index contributed by atoms with van der Waals surface area (Å²) < 4.78 is 58.5. The summed E-state index contributed by atoms with van der Waals surface area (Å²) in [6, 6.07) is 20.6. The van der Waals surface area contributed by atoms with Gasteiger partial charge in [0.2, 0.25) is 11.8 Å². The summed E-state index contributed by atoms with van der Waals surface area (Å²) in [5.74, 6) is -8.57. The van der Waals surface area contributed by atoms with Crippen LogP contribution in [0.3, 0.4) is 0 Å². The van der Waals surface area contributed by atoms with Gasteiger partial charge in [-0.05, 0) is 158 Å². The number of nitrogens with one attached hydrogen (secondary N) is 2. The molecule has 7 aliphatic rings. The number of carbonyl (C=O) groups excluding carboxylic acids is 8. The second kappa shape index (κ2) is 37.9. The highest BCUT2D eigenvalue weighted by molar-refractivity contribution is 7.85. The molecule has 0 radical (unpaired) electrons. The van der Waals surface area contributed by atoms with Gasteiger partial charge in [0.25, 0.3) is 27.8 Å². The lowest BCUT2D eigenvalue weighted by atomic mass is 9.39. The number of aliphatic hydroxyl groups is 5. The number of ether oxygens (including phenoxy) is 4. The van der Waals surface area contributed by atoms with Gasteiger partial charge in [0.05, 0.1) is 72.4 Å². The number of pyridine rings is 1. The number of carboxylic acid groups (broad SMARTS) is 2. The number of aliphatic carboxylic acids is 1. The van der Waals surface area contributed by atoms with Crippen LogP contribution in [0.1, 0.15) is 153 Å². The molecule has 13 rings (SSSR count). The van der Waals surface area contributed by atoms with E-state index in [1.54, 1.807) is 50.4 Å². The van der Waals surface area contributed by atoms with E-state index in [4.69, 9.17) is 33.6 Å². The van der Waals surface area contributed by atoms with Crippen LogP contribution in [-0.4, -0.2) is 262 Å². The van der Waals surface area contributed by atoms with Crippen LogP contribution in [-0.2, 0) is 102 Å². The van der Waals surface area contributed by atoms with Gasteiger partial charge in [-0.15, -0.1) is 0 Å². The summed E-state index contributed by atoms with van der Waals surface area (Å²) in [4.78, 5) is 148. The molecule has 4 aliphatic carbocycles. The van der Waals surface area contributed by atoms with Crippen molar-refractivity contribution in [2.24, 2.45) is 28.1 Å². The van der Waals surface area contributed by atoms with E-state index >= 15 is 0 Å². The molecule has 3 unspecified atom stereocenters. The summed E-state index contributed by atoms with van der Waals surface area (Å²) in [6.45, 7) is 9.96. The first-order valence-electron chi connectivity index (χ1n) is 40.7. The van der Waals surface area contributed by atoms with E-state index in [0.29, 0.717) is 81.7 Å². The molecular formula is C85H106N10O24S2. The average molecular weight is 1720 g/mol. The number of hydrogen-bond acceptors (Lipinski definition) is 26. The zero-order valence-electron chi connectivity index (χ0n) is 68.5. The highest BCUT2D eigenvalue weighted by Gasteiger charge is 2.66. The number of aromatic nitrogens is 4. The van der Waals surface area contributed by atoms with Crippen molar-refractivity contribution in [3.8, 4) is 11.1 Å². The molecule has 121 heavy (non-hydrogen) atoms. The van der Waals surface area contributed by atoms with E-state index < -0.39 is 149 Å². The van der Waals surface area contributed by atoms with Crippen LogP contribution in [0.5, 0.6) is 0 Å². The Balaban J connectivity index is 0.696. The molecule has 3 aromatic carbocycles. The minimum Gasteiger partial charge on any atom is -0.479 e. The molecule has 10 N–H and O–H groups in total. The van der Waals surface area contributed by atoms with Gasteiger partial charge in [0, 0.05) is 106 Å². The summed E-state index contributed by atoms with van der Waals surface area (Å²) >= 11 is 1.39. The number of thiazole rings is 1. The number of imide groups is 1. The molecule has 34 nitrogen and oxygen atoms in total. The predicted octanol–water partition coefficient (Wildman–Crippen LogP) is 5.66. The number of fused-ring (bicyclic) bond motifs is 2. The first-order valence-corrected chi connectivity index (χ1v) is 43.1. The third-order valence-electron chi connectivity index (χ3n) is 24.2. The molecular weight excluding hydrogens is 1610 g/mol. The number of anilines is 2. The fraction of sp³-hybridized carbons (Fsp3) is 0.541. The van der Waals surface area contributed by atoms with Gasteiger partial charge < -0.3 is 74.7 Å². The molecule has 36 heteroatoms. The molecule has 0 spiro atoms. The van der Waals surface area contributed by atoms with E-state index in [-0.39, 0.29) is 112 Å². The van der Waals surface area contributed by atoms with Gasteiger partial charge in [-0.3, -0.25) is 53.0 Å². The molecule has 4 saturated carbocycles. The Hall–Kier alpha value is -9.86. The molecule has 1 saturated heterocycles. The SMILES string of the molecule is Cc1c(-c2ccc(N3CCc4cccc(C(=O)Nc5nc6ccccc6s5)c4C3)nc2C(=O)O)cnn1CC12CC3(C)CC(C)(C1)CC(OCCN(CCC(O)CO)C(=O)OCc1ccc(CC(=O)[C@H](C)NC(=O)[C@@H](CC(=O)CCN(CCOCCS(=O)(=O)O)C(=O)CN4C(=O)C=CC4=O)C(C)C)cc1CC[C@@H]1O[C@H](C(=O)O)[C@@H](O)[C@H](O)[C@H]1O)(C3)C2. The van der Waals surface area contributed by atoms with Crippen molar-refractivity contribution >= 4 is 102 Å². The lowest BCUT2D eigenvalue weighted by Gasteiger charge is -2.69. The Labute approximate surface area is 703 Å². The number of amides is 6. The third-order valence-corrected chi connectivity index (χ3v) is 25.9. The Kier molecular flexibility index (Phi) is 28.3. The van der Waals surface area contributed by atoms with Crippen LogP contribution in [0.2, 0.25) is 0 Å². The number of aromatic carboxylic acids is 1. The number of Topliss-reactive ketones (excluding diaryl/α,β-unsaturated/α-hetero) is 2. The number of rotatable bonds is 40. The second-order valence-corrected chi connectivity index (χ2v) is 36.8. The van der Waals surface area contributed by atoms with Crippen LogP contribution >= 0.6 is 11.3 Å². The molecule has 6 heterocycles. The zero-order chi connectivity index (χ0) is 87.2. The number of aliphatic hydroxyl groups excluding tert-OH is 5. The van der Waals surface area contributed by atoms with E-state index in [9.17, 15) is 92.1 Å². The normalized spacial score (nSPS) is 23.8. The quantitative estimate of drug-likeness (QED) is 0.0126. The van der Waals surface area contributed by atoms with Crippen molar-refractivity contribution in [1.29, 1.82) is 0 Å². The first kappa shape index (κ1) is 90.4. The van der Waals surface area contributed by atoms with Crippen LogP contribution in [0.15, 0.2) is 91.1 Å². The molecule has 6 amide bonds. The van der Waals surface area contributed by atoms with Crippen molar-refractivity contribution in [3.05, 3.63) is 136 Å². The third kappa shape index (κ3) is 21.8. The monoisotopic (exact) mass is 1710 g/mol.